The fourth-order valence-electron chi connectivity index (χ4n) is 1.94. The zero-order valence-corrected chi connectivity index (χ0v) is 11.5. The van der Waals surface area contributed by atoms with Crippen molar-refractivity contribution in [3.63, 3.8) is 0 Å². The molecule has 3 heteroatoms. The van der Waals surface area contributed by atoms with Crippen LogP contribution in [-0.2, 0) is 11.3 Å². The topological polar surface area (TPSA) is 24.5 Å². The predicted octanol–water partition coefficient (Wildman–Crippen LogP) is 2.27. The van der Waals surface area contributed by atoms with Gasteiger partial charge in [0.15, 0.2) is 0 Å². The Labute approximate surface area is 110 Å². The molecule has 1 aliphatic rings. The summed E-state index contributed by atoms with van der Waals surface area (Å²) in [6.07, 6.45) is 2.73. The first kappa shape index (κ1) is 13.4. The molecule has 0 radical (unpaired) electrons. The smallest absolute Gasteiger partial charge is 0.0641 e. The Kier molecular flexibility index (Phi) is 5.02. The number of hydrogen-bond donors (Lipinski definition) is 1. The summed E-state index contributed by atoms with van der Waals surface area (Å²) in [5.74, 6) is 0.858. The van der Waals surface area contributed by atoms with Crippen LogP contribution in [0.15, 0.2) is 24.3 Å². The largest absolute Gasteiger partial charge is 0.379 e. The highest BCUT2D eigenvalue weighted by molar-refractivity contribution is 5.46. The average Bonchev–Trinajstić information content (AvgIpc) is 3.20. The second-order valence-electron chi connectivity index (χ2n) is 5.14. The van der Waals surface area contributed by atoms with E-state index in [-0.39, 0.29) is 0 Å². The highest BCUT2D eigenvalue weighted by Gasteiger charge is 2.20. The van der Waals surface area contributed by atoms with E-state index < -0.39 is 0 Å². The van der Waals surface area contributed by atoms with Gasteiger partial charge in [-0.15, -0.1) is 0 Å². The average molecular weight is 248 g/mol. The number of rotatable bonds is 8. The zero-order chi connectivity index (χ0) is 12.8. The van der Waals surface area contributed by atoms with Gasteiger partial charge < -0.3 is 15.0 Å². The van der Waals surface area contributed by atoms with Crippen LogP contribution in [0, 0.1) is 5.92 Å². The van der Waals surface area contributed by atoms with Crippen molar-refractivity contribution in [1.29, 1.82) is 0 Å². The first-order valence-electron chi connectivity index (χ1n) is 6.82. The minimum atomic E-state index is 0.825. The molecular formula is C15H24N2O. The van der Waals surface area contributed by atoms with Gasteiger partial charge in [0.1, 0.15) is 0 Å². The molecule has 1 aliphatic carbocycles. The van der Waals surface area contributed by atoms with Crippen molar-refractivity contribution in [3.05, 3.63) is 29.8 Å². The van der Waals surface area contributed by atoms with Gasteiger partial charge in [0.25, 0.3) is 0 Å². The normalized spacial score (nSPS) is 14.8. The van der Waals surface area contributed by atoms with Gasteiger partial charge >= 0.3 is 0 Å². The van der Waals surface area contributed by atoms with Crippen LogP contribution in [0.5, 0.6) is 0 Å². The van der Waals surface area contributed by atoms with Gasteiger partial charge in [-0.2, -0.15) is 0 Å². The molecule has 0 saturated heterocycles. The van der Waals surface area contributed by atoms with Gasteiger partial charge in [-0.25, -0.2) is 0 Å². The number of benzene rings is 1. The van der Waals surface area contributed by atoms with Crippen LogP contribution in [0.25, 0.3) is 0 Å². The number of hydrogen-bond acceptors (Lipinski definition) is 3. The first-order chi connectivity index (χ1) is 8.79. The first-order valence-corrected chi connectivity index (χ1v) is 6.82. The van der Waals surface area contributed by atoms with Crippen molar-refractivity contribution >= 4 is 5.69 Å². The number of anilines is 1. The fraction of sp³-hybridized carbons (Fsp3) is 0.600. The van der Waals surface area contributed by atoms with Crippen molar-refractivity contribution in [1.82, 2.24) is 5.32 Å². The quantitative estimate of drug-likeness (QED) is 0.714. The Morgan fingerprint density at radius 2 is 2.00 bits per heavy atom. The van der Waals surface area contributed by atoms with Gasteiger partial charge in [0, 0.05) is 32.4 Å². The van der Waals surface area contributed by atoms with E-state index in [2.05, 4.69) is 41.5 Å². The van der Waals surface area contributed by atoms with Crippen LogP contribution < -0.4 is 10.2 Å². The molecule has 3 nitrogen and oxygen atoms in total. The summed E-state index contributed by atoms with van der Waals surface area (Å²) in [5.41, 5.74) is 2.57. The van der Waals surface area contributed by atoms with E-state index in [0.29, 0.717) is 0 Å². The second-order valence-corrected chi connectivity index (χ2v) is 5.14. The van der Waals surface area contributed by atoms with Crippen molar-refractivity contribution in [2.24, 2.45) is 5.92 Å². The molecule has 1 aromatic carbocycles. The molecule has 0 atom stereocenters. The van der Waals surface area contributed by atoms with Gasteiger partial charge in [-0.1, -0.05) is 12.1 Å². The summed E-state index contributed by atoms with van der Waals surface area (Å²) in [6, 6.07) is 8.70. The third-order valence-corrected chi connectivity index (χ3v) is 3.38. The molecule has 0 aromatic heterocycles. The summed E-state index contributed by atoms with van der Waals surface area (Å²) >= 11 is 0. The lowest BCUT2D eigenvalue weighted by Gasteiger charge is -2.19. The maximum Gasteiger partial charge on any atom is 0.0641 e. The van der Waals surface area contributed by atoms with E-state index in [1.165, 1.54) is 24.1 Å². The number of likely N-dealkylation sites (N-methyl/N-ethyl adjacent to an activating group) is 1. The van der Waals surface area contributed by atoms with Crippen LogP contribution >= 0.6 is 0 Å². The lowest BCUT2D eigenvalue weighted by Crippen LogP contribution is -2.22. The van der Waals surface area contributed by atoms with Gasteiger partial charge in [0.2, 0.25) is 0 Å². The number of nitrogens with one attached hydrogen (secondary N) is 1. The summed E-state index contributed by atoms with van der Waals surface area (Å²) in [6.45, 7) is 3.66. The summed E-state index contributed by atoms with van der Waals surface area (Å²) in [5, 5.41) is 3.16. The summed E-state index contributed by atoms with van der Waals surface area (Å²) < 4.78 is 5.66. The monoisotopic (exact) mass is 248 g/mol. The van der Waals surface area contributed by atoms with Crippen LogP contribution in [0.4, 0.5) is 5.69 Å². The Bertz CT molecular complexity index is 346. The van der Waals surface area contributed by atoms with Crippen LogP contribution in [0.2, 0.25) is 0 Å². The Morgan fingerprint density at radius 3 is 2.61 bits per heavy atom. The molecular weight excluding hydrogens is 224 g/mol. The molecule has 1 N–H and O–H groups in total. The Hall–Kier alpha value is -1.06. The maximum absolute atomic E-state index is 5.66. The predicted molar refractivity (Wildman–Crippen MR) is 76.0 cm³/mol. The minimum Gasteiger partial charge on any atom is -0.379 e. The third-order valence-electron chi connectivity index (χ3n) is 3.38. The van der Waals surface area contributed by atoms with E-state index in [0.717, 1.165) is 32.2 Å². The van der Waals surface area contributed by atoms with Gasteiger partial charge in [0.05, 0.1) is 6.61 Å². The SMILES string of the molecule is CNCc1ccc(N(C)CCOCC2CC2)cc1. The molecule has 0 amide bonds. The fourth-order valence-corrected chi connectivity index (χ4v) is 1.94. The highest BCUT2D eigenvalue weighted by atomic mass is 16.5. The van der Waals surface area contributed by atoms with E-state index in [4.69, 9.17) is 4.74 Å². The lowest BCUT2D eigenvalue weighted by molar-refractivity contribution is 0.131. The third kappa shape index (κ3) is 4.31. The molecule has 100 valence electrons. The van der Waals surface area contributed by atoms with E-state index in [9.17, 15) is 0 Å². The van der Waals surface area contributed by atoms with Crippen molar-refractivity contribution in [3.8, 4) is 0 Å². The summed E-state index contributed by atoms with van der Waals surface area (Å²) in [4.78, 5) is 2.25. The molecule has 1 saturated carbocycles. The van der Waals surface area contributed by atoms with Gasteiger partial charge in [-0.05, 0) is 43.5 Å². The van der Waals surface area contributed by atoms with Crippen molar-refractivity contribution < 1.29 is 4.74 Å². The van der Waals surface area contributed by atoms with E-state index in [1.54, 1.807) is 0 Å². The molecule has 18 heavy (non-hydrogen) atoms. The summed E-state index contributed by atoms with van der Waals surface area (Å²) in [7, 11) is 4.09. The molecule has 0 bridgehead atoms. The van der Waals surface area contributed by atoms with Crippen LogP contribution in [-0.4, -0.2) is 33.9 Å². The standard InChI is InChI=1S/C15H24N2O/c1-16-11-13-5-7-15(8-6-13)17(2)9-10-18-12-14-3-4-14/h5-8,14,16H,3-4,9-12H2,1-2H3. The zero-order valence-electron chi connectivity index (χ0n) is 11.5. The lowest BCUT2D eigenvalue weighted by atomic mass is 10.2. The van der Waals surface area contributed by atoms with Crippen molar-refractivity contribution in [2.75, 3.05) is 38.8 Å². The molecule has 1 fully saturated rings. The molecule has 0 aliphatic heterocycles. The second kappa shape index (κ2) is 6.76. The van der Waals surface area contributed by atoms with Gasteiger partial charge in [-0.3, -0.25) is 0 Å². The van der Waals surface area contributed by atoms with E-state index in [1.807, 2.05) is 7.05 Å². The minimum absolute atomic E-state index is 0.825. The van der Waals surface area contributed by atoms with Crippen molar-refractivity contribution in [2.45, 2.75) is 19.4 Å². The highest BCUT2D eigenvalue weighted by Crippen LogP contribution is 2.28. The molecule has 1 aromatic rings. The molecule has 0 heterocycles. The number of ether oxygens (including phenoxy) is 1. The van der Waals surface area contributed by atoms with E-state index >= 15 is 0 Å². The molecule has 0 unspecified atom stereocenters. The number of nitrogens with zero attached hydrogens (tertiary/aromatic N) is 1. The Balaban J connectivity index is 1.70. The Morgan fingerprint density at radius 1 is 1.28 bits per heavy atom. The van der Waals surface area contributed by atoms with Crippen LogP contribution in [0.3, 0.4) is 0 Å². The molecule has 0 spiro atoms. The molecule has 2 rings (SSSR count). The van der Waals surface area contributed by atoms with Crippen LogP contribution in [0.1, 0.15) is 18.4 Å². The maximum atomic E-state index is 5.66.